The number of nitrogens with one attached hydrogen (secondary N) is 1. The molecule has 0 bridgehead atoms. The summed E-state index contributed by atoms with van der Waals surface area (Å²) in [5.74, 6) is 0.237. The Morgan fingerprint density at radius 1 is 1.04 bits per heavy atom. The van der Waals surface area contributed by atoms with Gasteiger partial charge in [-0.05, 0) is 36.8 Å². The molecule has 0 aromatic heterocycles. The summed E-state index contributed by atoms with van der Waals surface area (Å²) in [6.07, 6.45) is 3.20. The largest absolute Gasteiger partial charge is 0.377 e. The highest BCUT2D eigenvalue weighted by molar-refractivity contribution is 6.10. The first-order valence-corrected chi connectivity index (χ1v) is 9.28. The fraction of sp³-hybridized carbons (Fsp3) is 0.429. The number of anilines is 1. The highest BCUT2D eigenvalue weighted by Gasteiger charge is 2.41. The first-order chi connectivity index (χ1) is 12.5. The Morgan fingerprint density at radius 3 is 2.35 bits per heavy atom. The molecule has 1 spiro atoms. The number of rotatable bonds is 2. The Hall–Kier alpha value is -2.56. The van der Waals surface area contributed by atoms with E-state index in [-0.39, 0.29) is 17.4 Å². The van der Waals surface area contributed by atoms with Gasteiger partial charge in [-0.3, -0.25) is 9.59 Å². The van der Waals surface area contributed by atoms with Crippen LogP contribution >= 0.6 is 0 Å². The van der Waals surface area contributed by atoms with Gasteiger partial charge in [0.25, 0.3) is 5.91 Å². The van der Waals surface area contributed by atoms with E-state index in [9.17, 15) is 9.59 Å². The van der Waals surface area contributed by atoms with Crippen molar-refractivity contribution in [1.82, 2.24) is 10.2 Å². The third kappa shape index (κ3) is 2.81. The zero-order chi connectivity index (χ0) is 18.3. The number of carbonyl (C=O) groups excluding carboxylic acids is 2. The number of amides is 2. The lowest BCUT2D eigenvalue weighted by atomic mass is 9.86. The summed E-state index contributed by atoms with van der Waals surface area (Å²) in [6, 6.07) is 12.1. The molecule has 2 aromatic carbocycles. The van der Waals surface area contributed by atoms with Crippen molar-refractivity contribution < 1.29 is 9.59 Å². The molecule has 5 nitrogen and oxygen atoms in total. The van der Waals surface area contributed by atoms with Gasteiger partial charge in [-0.25, -0.2) is 0 Å². The molecular formula is C21H25N3O2. The number of carbonyl (C=O) groups is 2. The molecule has 2 amide bonds. The molecule has 0 aliphatic carbocycles. The number of nitrogens with zero attached hydrogens (tertiary/aromatic N) is 2. The summed E-state index contributed by atoms with van der Waals surface area (Å²) < 4.78 is 0. The van der Waals surface area contributed by atoms with Crippen molar-refractivity contribution in [2.45, 2.75) is 31.2 Å². The van der Waals surface area contributed by atoms with Crippen LogP contribution in [0.5, 0.6) is 0 Å². The van der Waals surface area contributed by atoms with Crippen molar-refractivity contribution >= 4 is 28.3 Å². The van der Waals surface area contributed by atoms with Crippen LogP contribution in [0.1, 0.15) is 36.0 Å². The maximum absolute atomic E-state index is 13.2. The van der Waals surface area contributed by atoms with Gasteiger partial charge in [0.05, 0.1) is 0 Å². The molecule has 4 rings (SSSR count). The molecule has 2 fully saturated rings. The van der Waals surface area contributed by atoms with Crippen LogP contribution in [0.15, 0.2) is 36.4 Å². The topological polar surface area (TPSA) is 52.7 Å². The van der Waals surface area contributed by atoms with Crippen LogP contribution in [0.2, 0.25) is 0 Å². The summed E-state index contributed by atoms with van der Waals surface area (Å²) >= 11 is 0. The minimum Gasteiger partial charge on any atom is -0.377 e. The second kappa shape index (κ2) is 6.31. The summed E-state index contributed by atoms with van der Waals surface area (Å²) in [7, 11) is 4.03. The maximum Gasteiger partial charge on any atom is 0.254 e. The van der Waals surface area contributed by atoms with Crippen molar-refractivity contribution in [1.29, 1.82) is 0 Å². The van der Waals surface area contributed by atoms with Crippen LogP contribution in [-0.2, 0) is 4.79 Å². The Kier molecular flexibility index (Phi) is 4.10. The number of hydrogen-bond acceptors (Lipinski definition) is 3. The molecule has 0 atom stereocenters. The van der Waals surface area contributed by atoms with Crippen LogP contribution < -0.4 is 10.2 Å². The predicted molar refractivity (Wildman–Crippen MR) is 104 cm³/mol. The Balaban J connectivity index is 1.60. The first-order valence-electron chi connectivity index (χ1n) is 9.28. The second-order valence-corrected chi connectivity index (χ2v) is 7.69. The molecule has 2 aliphatic rings. The standard InChI is InChI=1S/C21H25N3O2/c1-23(2)18-8-7-17(15-5-3-4-6-16(15)18)20(26)24-13-11-21(12-14-24)10-9-19(25)22-21/h3-8H,9-14H2,1-2H3,(H,22,25). The van der Waals surface area contributed by atoms with Gasteiger partial charge in [0, 0.05) is 55.8 Å². The van der Waals surface area contributed by atoms with Crippen molar-refractivity contribution in [3.63, 3.8) is 0 Å². The number of fused-ring (bicyclic) bond motifs is 1. The van der Waals surface area contributed by atoms with E-state index in [4.69, 9.17) is 0 Å². The number of likely N-dealkylation sites (tertiary alicyclic amines) is 1. The molecule has 2 aromatic rings. The van der Waals surface area contributed by atoms with Gasteiger partial charge < -0.3 is 15.1 Å². The van der Waals surface area contributed by atoms with Crippen LogP contribution in [-0.4, -0.2) is 49.4 Å². The Bertz CT molecular complexity index is 867. The van der Waals surface area contributed by atoms with E-state index < -0.39 is 0 Å². The van der Waals surface area contributed by atoms with Gasteiger partial charge in [-0.15, -0.1) is 0 Å². The van der Waals surface area contributed by atoms with E-state index in [1.807, 2.05) is 49.3 Å². The summed E-state index contributed by atoms with van der Waals surface area (Å²) in [4.78, 5) is 28.8. The molecule has 26 heavy (non-hydrogen) atoms. The minimum absolute atomic E-state index is 0.0787. The van der Waals surface area contributed by atoms with E-state index in [1.54, 1.807) is 0 Å². The average molecular weight is 351 g/mol. The molecule has 2 heterocycles. The van der Waals surface area contributed by atoms with Crippen molar-refractivity contribution in [3.8, 4) is 0 Å². The fourth-order valence-corrected chi connectivity index (χ4v) is 4.32. The van der Waals surface area contributed by atoms with E-state index >= 15 is 0 Å². The molecule has 2 saturated heterocycles. The molecule has 2 aliphatic heterocycles. The predicted octanol–water partition coefficient (Wildman–Crippen LogP) is 2.79. The third-order valence-corrected chi connectivity index (χ3v) is 5.86. The molecule has 136 valence electrons. The van der Waals surface area contributed by atoms with Gasteiger partial charge in [0.15, 0.2) is 0 Å². The first kappa shape index (κ1) is 16.9. The number of piperidine rings is 1. The van der Waals surface area contributed by atoms with Gasteiger partial charge in [-0.1, -0.05) is 24.3 Å². The normalized spacial score (nSPS) is 19.0. The quantitative estimate of drug-likeness (QED) is 0.905. The van der Waals surface area contributed by atoms with E-state index in [1.165, 1.54) is 0 Å². The number of hydrogen-bond donors (Lipinski definition) is 1. The summed E-state index contributed by atoms with van der Waals surface area (Å²) in [5.41, 5.74) is 1.80. The van der Waals surface area contributed by atoms with Crippen molar-refractivity contribution in [2.75, 3.05) is 32.1 Å². The van der Waals surface area contributed by atoms with Crippen LogP contribution in [0.25, 0.3) is 10.8 Å². The van der Waals surface area contributed by atoms with Crippen LogP contribution in [0.4, 0.5) is 5.69 Å². The van der Waals surface area contributed by atoms with E-state index in [2.05, 4.69) is 16.3 Å². The van der Waals surface area contributed by atoms with Gasteiger partial charge in [0.1, 0.15) is 0 Å². The van der Waals surface area contributed by atoms with Crippen LogP contribution in [0, 0.1) is 0 Å². The lowest BCUT2D eigenvalue weighted by Gasteiger charge is -2.39. The molecule has 0 saturated carbocycles. The zero-order valence-corrected chi connectivity index (χ0v) is 15.4. The fourth-order valence-electron chi connectivity index (χ4n) is 4.32. The van der Waals surface area contributed by atoms with E-state index in [0.717, 1.165) is 41.3 Å². The summed E-state index contributed by atoms with van der Waals surface area (Å²) in [5, 5.41) is 5.23. The van der Waals surface area contributed by atoms with Crippen molar-refractivity contribution in [2.24, 2.45) is 0 Å². The lowest BCUT2D eigenvalue weighted by Crippen LogP contribution is -2.52. The maximum atomic E-state index is 13.2. The molecule has 5 heteroatoms. The molecule has 1 N–H and O–H groups in total. The van der Waals surface area contributed by atoms with Gasteiger partial charge in [0.2, 0.25) is 5.91 Å². The van der Waals surface area contributed by atoms with Crippen LogP contribution in [0.3, 0.4) is 0 Å². The monoisotopic (exact) mass is 351 g/mol. The van der Waals surface area contributed by atoms with E-state index in [0.29, 0.717) is 19.5 Å². The Labute approximate surface area is 154 Å². The lowest BCUT2D eigenvalue weighted by molar-refractivity contribution is -0.120. The molecule has 0 radical (unpaired) electrons. The molecular weight excluding hydrogens is 326 g/mol. The smallest absolute Gasteiger partial charge is 0.254 e. The SMILES string of the molecule is CN(C)c1ccc(C(=O)N2CCC3(CCC(=O)N3)CC2)c2ccccc12. The molecule has 0 unspecified atom stereocenters. The highest BCUT2D eigenvalue weighted by Crippen LogP contribution is 2.33. The van der Waals surface area contributed by atoms with Gasteiger partial charge >= 0.3 is 0 Å². The number of benzene rings is 2. The van der Waals surface area contributed by atoms with Crippen molar-refractivity contribution in [3.05, 3.63) is 42.0 Å². The average Bonchev–Trinajstić information content (AvgIpc) is 3.01. The van der Waals surface area contributed by atoms with Gasteiger partial charge in [-0.2, -0.15) is 0 Å². The Morgan fingerprint density at radius 2 is 1.73 bits per heavy atom. The zero-order valence-electron chi connectivity index (χ0n) is 15.4. The minimum atomic E-state index is -0.0787. The second-order valence-electron chi connectivity index (χ2n) is 7.69. The highest BCUT2D eigenvalue weighted by atomic mass is 16.2. The summed E-state index contributed by atoms with van der Waals surface area (Å²) in [6.45, 7) is 1.39. The third-order valence-electron chi connectivity index (χ3n) is 5.86.